The molecule has 7 rings (SSSR count). The lowest BCUT2D eigenvalue weighted by Crippen LogP contribution is -1.96. The first-order chi connectivity index (χ1) is 18.3. The third kappa shape index (κ3) is 4.13. The largest absolute Gasteiger partial charge is 0.240 e. The van der Waals surface area contributed by atoms with Crippen molar-refractivity contribution in [3.63, 3.8) is 0 Å². The molecular weight excluding hydrogens is 452 g/mol. The number of benzene rings is 3. The molecule has 0 atom stereocenters. The molecule has 0 amide bonds. The van der Waals surface area contributed by atoms with Crippen LogP contribution in [0, 0.1) is 0 Å². The molecule has 1 aliphatic carbocycles. The minimum absolute atomic E-state index is 0.692. The predicted octanol–water partition coefficient (Wildman–Crippen LogP) is 8.01. The summed E-state index contributed by atoms with van der Waals surface area (Å²) in [5.74, 6) is 0.692. The van der Waals surface area contributed by atoms with Crippen LogP contribution in [-0.4, -0.2) is 19.6 Å². The molecule has 0 aliphatic heterocycles. The molecule has 4 heteroatoms. The van der Waals surface area contributed by atoms with Gasteiger partial charge in [-0.3, -0.25) is 0 Å². The van der Waals surface area contributed by atoms with Gasteiger partial charge >= 0.3 is 0 Å². The maximum Gasteiger partial charge on any atom is 0.160 e. The normalized spacial score (nSPS) is 13.2. The Labute approximate surface area is 215 Å². The summed E-state index contributed by atoms with van der Waals surface area (Å²) in [6.45, 7) is 0. The van der Waals surface area contributed by atoms with Gasteiger partial charge in [-0.2, -0.15) is 5.10 Å². The van der Waals surface area contributed by atoms with Crippen molar-refractivity contribution in [2.75, 3.05) is 0 Å². The summed E-state index contributed by atoms with van der Waals surface area (Å²) in [6.07, 6.45) is 11.0. The Hall–Kier alpha value is -4.83. The van der Waals surface area contributed by atoms with Gasteiger partial charge in [0.2, 0.25) is 0 Å². The summed E-state index contributed by atoms with van der Waals surface area (Å²) in [5, 5.41) is 7.24. The maximum absolute atomic E-state index is 4.97. The Bertz CT molecular complexity index is 1760. The Balaban J connectivity index is 1.35. The second kappa shape index (κ2) is 8.99. The number of allylic oxidation sites excluding steroid dienone is 4. The number of rotatable bonds is 4. The van der Waals surface area contributed by atoms with Crippen molar-refractivity contribution in [1.82, 2.24) is 19.6 Å². The SMILES string of the molecule is C1=CC(c2ccc(-c3cc(-c4cc5cc6ccccc6cn5n4)nc(-c4ccccc4)n3)cc2)=CCC1. The van der Waals surface area contributed by atoms with Gasteiger partial charge in [-0.1, -0.05) is 97.1 Å². The summed E-state index contributed by atoms with van der Waals surface area (Å²) >= 11 is 0. The van der Waals surface area contributed by atoms with Crippen LogP contribution in [0.2, 0.25) is 0 Å². The second-order valence-electron chi connectivity index (χ2n) is 9.35. The molecule has 0 saturated heterocycles. The first-order valence-electron chi connectivity index (χ1n) is 12.6. The van der Waals surface area contributed by atoms with Crippen LogP contribution < -0.4 is 0 Å². The van der Waals surface area contributed by atoms with E-state index in [0.717, 1.165) is 52.0 Å². The molecule has 0 bridgehead atoms. The van der Waals surface area contributed by atoms with Crippen LogP contribution in [-0.2, 0) is 0 Å². The number of pyridine rings is 1. The van der Waals surface area contributed by atoms with Gasteiger partial charge < -0.3 is 0 Å². The van der Waals surface area contributed by atoms with Crippen LogP contribution in [0.1, 0.15) is 18.4 Å². The van der Waals surface area contributed by atoms with Crippen molar-refractivity contribution in [1.29, 1.82) is 0 Å². The van der Waals surface area contributed by atoms with E-state index in [9.17, 15) is 0 Å². The van der Waals surface area contributed by atoms with Crippen LogP contribution in [0.5, 0.6) is 0 Å². The van der Waals surface area contributed by atoms with Gasteiger partial charge in [-0.25, -0.2) is 14.5 Å². The van der Waals surface area contributed by atoms with Gasteiger partial charge in [-0.05, 0) is 47.6 Å². The number of hydrogen-bond donors (Lipinski definition) is 0. The molecule has 0 unspecified atom stereocenters. The molecule has 0 saturated carbocycles. The summed E-state index contributed by atoms with van der Waals surface area (Å²) in [6, 6.07) is 33.4. The van der Waals surface area contributed by atoms with Crippen LogP contribution >= 0.6 is 0 Å². The molecular formula is C33H24N4. The lowest BCUT2D eigenvalue weighted by atomic mass is 9.98. The van der Waals surface area contributed by atoms with E-state index in [-0.39, 0.29) is 0 Å². The molecule has 3 heterocycles. The predicted molar refractivity (Wildman–Crippen MR) is 151 cm³/mol. The van der Waals surface area contributed by atoms with Crippen LogP contribution in [0.15, 0.2) is 121 Å². The molecule has 0 spiro atoms. The van der Waals surface area contributed by atoms with Gasteiger partial charge in [0.25, 0.3) is 0 Å². The van der Waals surface area contributed by atoms with Crippen LogP contribution in [0.25, 0.3) is 55.9 Å². The first kappa shape index (κ1) is 21.5. The fourth-order valence-electron chi connectivity index (χ4n) is 4.90. The third-order valence-electron chi connectivity index (χ3n) is 6.85. The smallest absolute Gasteiger partial charge is 0.160 e. The molecule has 0 radical (unpaired) electrons. The number of nitrogens with zero attached hydrogens (tertiary/aromatic N) is 4. The minimum atomic E-state index is 0.692. The van der Waals surface area contributed by atoms with E-state index in [0.29, 0.717) is 5.82 Å². The fourth-order valence-corrected chi connectivity index (χ4v) is 4.90. The lowest BCUT2D eigenvalue weighted by Gasteiger charge is -2.10. The highest BCUT2D eigenvalue weighted by Crippen LogP contribution is 2.30. The van der Waals surface area contributed by atoms with Crippen LogP contribution in [0.4, 0.5) is 0 Å². The average Bonchev–Trinajstić information content (AvgIpc) is 3.40. The molecule has 3 aromatic carbocycles. The van der Waals surface area contributed by atoms with E-state index in [2.05, 4.69) is 79.0 Å². The van der Waals surface area contributed by atoms with Crippen molar-refractivity contribution in [3.8, 4) is 34.0 Å². The Morgan fingerprint density at radius 2 is 1.35 bits per heavy atom. The van der Waals surface area contributed by atoms with Crippen molar-refractivity contribution in [2.45, 2.75) is 12.8 Å². The second-order valence-corrected chi connectivity index (χ2v) is 9.35. The lowest BCUT2D eigenvalue weighted by molar-refractivity contribution is 0.969. The van der Waals surface area contributed by atoms with Gasteiger partial charge in [0.1, 0.15) is 5.69 Å². The Kier molecular flexibility index (Phi) is 5.21. The zero-order valence-corrected chi connectivity index (χ0v) is 20.3. The quantitative estimate of drug-likeness (QED) is 0.259. The maximum atomic E-state index is 4.97. The monoisotopic (exact) mass is 476 g/mol. The summed E-state index contributed by atoms with van der Waals surface area (Å²) < 4.78 is 1.93. The van der Waals surface area contributed by atoms with Crippen molar-refractivity contribution in [2.24, 2.45) is 0 Å². The van der Waals surface area contributed by atoms with Crippen molar-refractivity contribution in [3.05, 3.63) is 127 Å². The highest BCUT2D eigenvalue weighted by molar-refractivity contribution is 5.86. The van der Waals surface area contributed by atoms with E-state index in [1.165, 1.54) is 16.5 Å². The van der Waals surface area contributed by atoms with Crippen molar-refractivity contribution >= 4 is 21.9 Å². The molecule has 37 heavy (non-hydrogen) atoms. The summed E-state index contributed by atoms with van der Waals surface area (Å²) in [7, 11) is 0. The number of aromatic nitrogens is 4. The van der Waals surface area contributed by atoms with Gasteiger partial charge in [0.15, 0.2) is 5.82 Å². The topological polar surface area (TPSA) is 43.1 Å². The number of hydrogen-bond acceptors (Lipinski definition) is 3. The molecule has 3 aromatic heterocycles. The highest BCUT2D eigenvalue weighted by Gasteiger charge is 2.14. The minimum Gasteiger partial charge on any atom is -0.240 e. The Morgan fingerprint density at radius 1 is 0.595 bits per heavy atom. The summed E-state index contributed by atoms with van der Waals surface area (Å²) in [5.41, 5.74) is 8.09. The molecule has 176 valence electrons. The average molecular weight is 477 g/mol. The standard InChI is InChI=1S/C33H24N4/c1-3-9-23(10-4-1)24-15-17-25(18-16-24)30-21-31(35-33(34-30)26-11-5-2-6-12-26)32-20-29-19-27-13-7-8-14-28(27)22-37(29)36-32/h2-3,5-22H,1,4H2. The zero-order valence-electron chi connectivity index (χ0n) is 20.3. The van der Waals surface area contributed by atoms with E-state index in [4.69, 9.17) is 15.1 Å². The highest BCUT2D eigenvalue weighted by atomic mass is 15.2. The molecule has 1 aliphatic rings. The van der Waals surface area contributed by atoms with Crippen molar-refractivity contribution < 1.29 is 0 Å². The van der Waals surface area contributed by atoms with Gasteiger partial charge in [0, 0.05) is 22.7 Å². The third-order valence-corrected chi connectivity index (χ3v) is 6.85. The molecule has 0 fully saturated rings. The van der Waals surface area contributed by atoms with E-state index >= 15 is 0 Å². The molecule has 6 aromatic rings. The number of fused-ring (bicyclic) bond motifs is 2. The Morgan fingerprint density at radius 3 is 2.16 bits per heavy atom. The van der Waals surface area contributed by atoms with Gasteiger partial charge in [-0.15, -0.1) is 0 Å². The molecule has 4 nitrogen and oxygen atoms in total. The molecule has 0 N–H and O–H groups in total. The van der Waals surface area contributed by atoms with E-state index < -0.39 is 0 Å². The van der Waals surface area contributed by atoms with E-state index in [1.807, 2.05) is 47.0 Å². The fraction of sp³-hybridized carbons (Fsp3) is 0.0606. The first-order valence-corrected chi connectivity index (χ1v) is 12.6. The zero-order chi connectivity index (χ0) is 24.6. The summed E-state index contributed by atoms with van der Waals surface area (Å²) in [4.78, 5) is 9.92. The van der Waals surface area contributed by atoms with Gasteiger partial charge in [0.05, 0.1) is 16.9 Å². The van der Waals surface area contributed by atoms with E-state index in [1.54, 1.807) is 0 Å². The van der Waals surface area contributed by atoms with Crippen LogP contribution in [0.3, 0.4) is 0 Å².